The Kier molecular flexibility index (Phi) is 5.47. The molecule has 1 aromatic rings. The molecule has 4 heteroatoms. The molecule has 1 N–H and O–H groups in total. The van der Waals surface area contributed by atoms with E-state index in [0.29, 0.717) is 6.04 Å². The molecule has 1 aliphatic rings. The van der Waals surface area contributed by atoms with Gasteiger partial charge in [0.15, 0.2) is 0 Å². The van der Waals surface area contributed by atoms with Gasteiger partial charge in [0.2, 0.25) is 0 Å². The molecule has 2 rings (SSSR count). The van der Waals surface area contributed by atoms with Crippen LogP contribution in [0.25, 0.3) is 0 Å². The third kappa shape index (κ3) is 3.96. The van der Waals surface area contributed by atoms with Crippen LogP contribution in [0.1, 0.15) is 25.0 Å². The molecule has 0 radical (unpaired) electrons. The molecular weight excluding hydrogens is 316 g/mol. The van der Waals surface area contributed by atoms with E-state index in [0.717, 1.165) is 30.7 Å². The Bertz CT molecular complexity index is 439. The van der Waals surface area contributed by atoms with E-state index in [1.54, 1.807) is 0 Å². The second kappa shape index (κ2) is 6.92. The molecule has 0 amide bonds. The fourth-order valence-electron chi connectivity index (χ4n) is 2.74. The molecule has 1 unspecified atom stereocenters. The summed E-state index contributed by atoms with van der Waals surface area (Å²) in [4.78, 5) is 2.48. The van der Waals surface area contributed by atoms with Gasteiger partial charge in [0, 0.05) is 35.8 Å². The molecule has 0 bridgehead atoms. The molecule has 112 valence electrons. The van der Waals surface area contributed by atoms with Crippen LogP contribution in [0.15, 0.2) is 16.6 Å². The van der Waals surface area contributed by atoms with Gasteiger partial charge < -0.3 is 10.1 Å². The van der Waals surface area contributed by atoms with Crippen molar-refractivity contribution in [3.05, 3.63) is 27.7 Å². The summed E-state index contributed by atoms with van der Waals surface area (Å²) in [6.07, 6.45) is 0.272. The molecule has 1 fully saturated rings. The number of anilines is 1. The summed E-state index contributed by atoms with van der Waals surface area (Å²) in [5.74, 6) is 0. The van der Waals surface area contributed by atoms with E-state index in [1.165, 1.54) is 16.8 Å². The Hall–Kier alpha value is -0.580. The summed E-state index contributed by atoms with van der Waals surface area (Å²) >= 11 is 3.54. The predicted octanol–water partition coefficient (Wildman–Crippen LogP) is 3.59. The molecular formula is C16H25BrN2O. The van der Waals surface area contributed by atoms with Crippen LogP contribution in [0.5, 0.6) is 0 Å². The quantitative estimate of drug-likeness (QED) is 0.906. The summed E-state index contributed by atoms with van der Waals surface area (Å²) < 4.78 is 7.01. The van der Waals surface area contributed by atoms with E-state index < -0.39 is 0 Å². The first-order valence-corrected chi connectivity index (χ1v) is 8.13. The monoisotopic (exact) mass is 340 g/mol. The highest BCUT2D eigenvalue weighted by Gasteiger charge is 2.22. The number of nitrogens with zero attached hydrogens (tertiary/aromatic N) is 1. The topological polar surface area (TPSA) is 24.5 Å². The van der Waals surface area contributed by atoms with Crippen molar-refractivity contribution in [2.24, 2.45) is 0 Å². The Morgan fingerprint density at radius 3 is 2.60 bits per heavy atom. The average Bonchev–Trinajstić information content (AvgIpc) is 2.37. The number of aryl methyl sites for hydroxylation is 2. The van der Waals surface area contributed by atoms with Gasteiger partial charge in [0.1, 0.15) is 0 Å². The van der Waals surface area contributed by atoms with E-state index in [1.807, 2.05) is 0 Å². The molecule has 0 aliphatic carbocycles. The van der Waals surface area contributed by atoms with Gasteiger partial charge in [-0.15, -0.1) is 0 Å². The van der Waals surface area contributed by atoms with Crippen molar-refractivity contribution in [1.82, 2.24) is 4.90 Å². The van der Waals surface area contributed by atoms with Crippen molar-refractivity contribution in [1.29, 1.82) is 0 Å². The van der Waals surface area contributed by atoms with E-state index in [9.17, 15) is 0 Å². The van der Waals surface area contributed by atoms with Crippen LogP contribution in [0.4, 0.5) is 5.69 Å². The number of rotatable bonds is 4. The smallest absolute Gasteiger partial charge is 0.0874 e. The third-order valence-electron chi connectivity index (χ3n) is 3.90. The second-order valence-electron chi connectivity index (χ2n) is 5.88. The summed E-state index contributed by atoms with van der Waals surface area (Å²) in [7, 11) is 0. The molecule has 0 spiro atoms. The van der Waals surface area contributed by atoms with Gasteiger partial charge in [-0.2, -0.15) is 0 Å². The van der Waals surface area contributed by atoms with Crippen molar-refractivity contribution in [3.8, 4) is 0 Å². The van der Waals surface area contributed by atoms with Gasteiger partial charge in [0.05, 0.1) is 12.7 Å². The minimum atomic E-state index is 0.272. The molecule has 1 atom stereocenters. The summed E-state index contributed by atoms with van der Waals surface area (Å²) in [5, 5.41) is 3.57. The molecule has 0 aromatic heterocycles. The first-order chi connectivity index (χ1) is 9.47. The maximum absolute atomic E-state index is 5.87. The maximum atomic E-state index is 5.87. The van der Waals surface area contributed by atoms with Gasteiger partial charge in [-0.1, -0.05) is 15.9 Å². The minimum absolute atomic E-state index is 0.272. The molecule has 1 aromatic carbocycles. The van der Waals surface area contributed by atoms with Crippen LogP contribution < -0.4 is 5.32 Å². The Labute approximate surface area is 130 Å². The Balaban J connectivity index is 1.95. The van der Waals surface area contributed by atoms with Crippen molar-refractivity contribution in [3.63, 3.8) is 0 Å². The number of halogens is 1. The lowest BCUT2D eigenvalue weighted by Gasteiger charge is -2.35. The number of nitrogens with one attached hydrogen (secondary N) is 1. The van der Waals surface area contributed by atoms with Gasteiger partial charge in [-0.25, -0.2) is 0 Å². The molecule has 0 saturated carbocycles. The van der Waals surface area contributed by atoms with Gasteiger partial charge in [-0.3, -0.25) is 4.90 Å². The van der Waals surface area contributed by atoms with E-state index >= 15 is 0 Å². The summed E-state index contributed by atoms with van der Waals surface area (Å²) in [5.41, 5.74) is 3.78. The predicted molar refractivity (Wildman–Crippen MR) is 88.6 cm³/mol. The van der Waals surface area contributed by atoms with Crippen LogP contribution in [0.3, 0.4) is 0 Å². The molecule has 3 nitrogen and oxygen atoms in total. The first kappa shape index (κ1) is 15.8. The highest BCUT2D eigenvalue weighted by Crippen LogP contribution is 2.25. The van der Waals surface area contributed by atoms with Gasteiger partial charge in [0.25, 0.3) is 0 Å². The number of benzene rings is 1. The zero-order valence-electron chi connectivity index (χ0n) is 12.9. The van der Waals surface area contributed by atoms with Crippen molar-refractivity contribution < 1.29 is 4.74 Å². The van der Waals surface area contributed by atoms with Crippen molar-refractivity contribution in [2.45, 2.75) is 39.8 Å². The first-order valence-electron chi connectivity index (χ1n) is 7.33. The number of morpholine rings is 1. The molecule has 20 heavy (non-hydrogen) atoms. The van der Waals surface area contributed by atoms with E-state index in [4.69, 9.17) is 4.74 Å². The summed E-state index contributed by atoms with van der Waals surface area (Å²) in [6.45, 7) is 12.5. The molecule has 1 heterocycles. The fraction of sp³-hybridized carbons (Fsp3) is 0.625. The fourth-order valence-corrected chi connectivity index (χ4v) is 3.43. The van der Waals surface area contributed by atoms with Crippen molar-refractivity contribution in [2.75, 3.05) is 31.6 Å². The Morgan fingerprint density at radius 2 is 2.00 bits per heavy atom. The van der Waals surface area contributed by atoms with E-state index in [2.05, 4.69) is 66.0 Å². The SMILES string of the molecule is Cc1cc(Br)cc(C)c1NCC1CN(C(C)C)CCO1. The lowest BCUT2D eigenvalue weighted by atomic mass is 10.1. The van der Waals surface area contributed by atoms with Crippen LogP contribution in [0.2, 0.25) is 0 Å². The summed E-state index contributed by atoms with van der Waals surface area (Å²) in [6, 6.07) is 4.90. The zero-order chi connectivity index (χ0) is 14.7. The van der Waals surface area contributed by atoms with Crippen LogP contribution in [-0.2, 0) is 4.74 Å². The van der Waals surface area contributed by atoms with Crippen LogP contribution >= 0.6 is 15.9 Å². The Morgan fingerprint density at radius 1 is 1.35 bits per heavy atom. The van der Waals surface area contributed by atoms with Crippen molar-refractivity contribution >= 4 is 21.6 Å². The molecule has 1 aliphatic heterocycles. The largest absolute Gasteiger partial charge is 0.382 e. The second-order valence-corrected chi connectivity index (χ2v) is 6.79. The lowest BCUT2D eigenvalue weighted by Crippen LogP contribution is -2.48. The highest BCUT2D eigenvalue weighted by molar-refractivity contribution is 9.10. The lowest BCUT2D eigenvalue weighted by molar-refractivity contribution is -0.0315. The minimum Gasteiger partial charge on any atom is -0.382 e. The van der Waals surface area contributed by atoms with Gasteiger partial charge >= 0.3 is 0 Å². The maximum Gasteiger partial charge on any atom is 0.0874 e. The molecule has 1 saturated heterocycles. The van der Waals surface area contributed by atoms with Crippen LogP contribution in [0, 0.1) is 13.8 Å². The standard InChI is InChI=1S/C16H25BrN2O/c1-11(2)19-5-6-20-15(10-19)9-18-16-12(3)7-14(17)8-13(16)4/h7-8,11,15,18H,5-6,9-10H2,1-4H3. The zero-order valence-corrected chi connectivity index (χ0v) is 14.5. The number of hydrogen-bond acceptors (Lipinski definition) is 3. The van der Waals surface area contributed by atoms with Crippen LogP contribution in [-0.4, -0.2) is 43.3 Å². The average molecular weight is 341 g/mol. The normalized spacial score (nSPS) is 20.4. The van der Waals surface area contributed by atoms with E-state index in [-0.39, 0.29) is 6.10 Å². The van der Waals surface area contributed by atoms with Gasteiger partial charge in [-0.05, 0) is 51.0 Å². The highest BCUT2D eigenvalue weighted by atomic mass is 79.9. The third-order valence-corrected chi connectivity index (χ3v) is 4.36. The number of hydrogen-bond donors (Lipinski definition) is 1. The number of ether oxygens (including phenoxy) is 1.